The van der Waals surface area contributed by atoms with E-state index in [2.05, 4.69) is 27.3 Å². The summed E-state index contributed by atoms with van der Waals surface area (Å²) in [7, 11) is 0. The molecule has 0 saturated carbocycles. The van der Waals surface area contributed by atoms with Gasteiger partial charge in [0.1, 0.15) is 0 Å². The molecule has 88 valence electrons. The lowest BCUT2D eigenvalue weighted by molar-refractivity contribution is 1.14. The Hall–Kier alpha value is -0.990. The number of hydrogen-bond donors (Lipinski definition) is 1. The van der Waals surface area contributed by atoms with Crippen molar-refractivity contribution in [1.29, 1.82) is 0 Å². The molecule has 1 nitrogen and oxygen atoms in total. The first-order chi connectivity index (χ1) is 8.15. The van der Waals surface area contributed by atoms with Gasteiger partial charge in [-0.2, -0.15) is 0 Å². The SMILES string of the molecule is Cc1ccc(CNc2ccc(Br)cc2)cc1Cl. The second kappa shape index (κ2) is 5.56. The van der Waals surface area contributed by atoms with Crippen LogP contribution in [0.25, 0.3) is 0 Å². The molecule has 0 aromatic heterocycles. The summed E-state index contributed by atoms with van der Waals surface area (Å²) in [5, 5.41) is 4.17. The average Bonchev–Trinajstić information content (AvgIpc) is 2.33. The van der Waals surface area contributed by atoms with E-state index in [0.29, 0.717) is 0 Å². The Morgan fingerprint density at radius 1 is 1.12 bits per heavy atom. The lowest BCUT2D eigenvalue weighted by Crippen LogP contribution is -1.99. The van der Waals surface area contributed by atoms with Crippen molar-refractivity contribution >= 4 is 33.2 Å². The highest BCUT2D eigenvalue weighted by molar-refractivity contribution is 9.10. The van der Waals surface area contributed by atoms with Crippen molar-refractivity contribution in [2.45, 2.75) is 13.5 Å². The van der Waals surface area contributed by atoms with E-state index >= 15 is 0 Å². The molecule has 0 heterocycles. The molecular weight excluding hydrogens is 298 g/mol. The largest absolute Gasteiger partial charge is 0.381 e. The lowest BCUT2D eigenvalue weighted by atomic mass is 10.1. The molecule has 0 bridgehead atoms. The predicted octanol–water partition coefficient (Wildman–Crippen LogP) is 5.02. The van der Waals surface area contributed by atoms with E-state index in [1.165, 1.54) is 5.56 Å². The molecule has 0 fully saturated rings. The summed E-state index contributed by atoms with van der Waals surface area (Å²) < 4.78 is 1.08. The van der Waals surface area contributed by atoms with Gasteiger partial charge in [0.05, 0.1) is 0 Å². The zero-order valence-electron chi connectivity index (χ0n) is 9.50. The van der Waals surface area contributed by atoms with Crippen LogP contribution in [0.5, 0.6) is 0 Å². The van der Waals surface area contributed by atoms with Crippen molar-refractivity contribution in [1.82, 2.24) is 0 Å². The van der Waals surface area contributed by atoms with Crippen LogP contribution in [0.1, 0.15) is 11.1 Å². The van der Waals surface area contributed by atoms with Crippen LogP contribution in [0, 0.1) is 6.92 Å². The molecule has 0 spiro atoms. The molecule has 0 saturated heterocycles. The fourth-order valence-corrected chi connectivity index (χ4v) is 1.99. The van der Waals surface area contributed by atoms with Gasteiger partial charge in [0.15, 0.2) is 0 Å². The molecular formula is C14H13BrClN. The van der Waals surface area contributed by atoms with Crippen molar-refractivity contribution in [3.8, 4) is 0 Å². The van der Waals surface area contributed by atoms with E-state index in [-0.39, 0.29) is 0 Å². The first-order valence-corrected chi connectivity index (χ1v) is 6.57. The van der Waals surface area contributed by atoms with Gasteiger partial charge in [-0.1, -0.05) is 39.7 Å². The van der Waals surface area contributed by atoms with Crippen LogP contribution in [-0.4, -0.2) is 0 Å². The van der Waals surface area contributed by atoms with Gasteiger partial charge < -0.3 is 5.32 Å². The van der Waals surface area contributed by atoms with E-state index < -0.39 is 0 Å². The summed E-state index contributed by atoms with van der Waals surface area (Å²) in [5.41, 5.74) is 3.40. The number of hydrogen-bond acceptors (Lipinski definition) is 1. The number of benzene rings is 2. The van der Waals surface area contributed by atoms with E-state index in [1.807, 2.05) is 43.3 Å². The third kappa shape index (κ3) is 3.48. The van der Waals surface area contributed by atoms with Gasteiger partial charge in [-0.15, -0.1) is 0 Å². The third-order valence-corrected chi connectivity index (χ3v) is 3.51. The summed E-state index contributed by atoms with van der Waals surface area (Å²) in [5.74, 6) is 0. The Balaban J connectivity index is 2.02. The molecule has 0 aliphatic heterocycles. The molecule has 0 aliphatic rings. The lowest BCUT2D eigenvalue weighted by Gasteiger charge is -2.08. The van der Waals surface area contributed by atoms with Gasteiger partial charge in [0.2, 0.25) is 0 Å². The third-order valence-electron chi connectivity index (χ3n) is 2.58. The van der Waals surface area contributed by atoms with Crippen LogP contribution in [-0.2, 0) is 6.54 Å². The Morgan fingerprint density at radius 2 is 1.82 bits per heavy atom. The van der Waals surface area contributed by atoms with Gasteiger partial charge in [-0.25, -0.2) is 0 Å². The zero-order chi connectivity index (χ0) is 12.3. The van der Waals surface area contributed by atoms with Gasteiger partial charge >= 0.3 is 0 Å². The van der Waals surface area contributed by atoms with E-state index in [0.717, 1.165) is 27.3 Å². The first kappa shape index (κ1) is 12.5. The highest BCUT2D eigenvalue weighted by Gasteiger charge is 1.98. The smallest absolute Gasteiger partial charge is 0.0438 e. The molecule has 0 atom stereocenters. The zero-order valence-corrected chi connectivity index (χ0v) is 11.8. The summed E-state index contributed by atoms with van der Waals surface area (Å²) in [6, 6.07) is 14.3. The first-order valence-electron chi connectivity index (χ1n) is 5.39. The molecule has 2 aromatic rings. The molecule has 0 amide bonds. The second-order valence-electron chi connectivity index (χ2n) is 3.94. The fourth-order valence-electron chi connectivity index (χ4n) is 1.52. The molecule has 1 N–H and O–H groups in total. The highest BCUT2D eigenvalue weighted by Crippen LogP contribution is 2.18. The molecule has 0 radical (unpaired) electrons. The minimum atomic E-state index is 0.779. The average molecular weight is 311 g/mol. The maximum absolute atomic E-state index is 6.08. The Kier molecular flexibility index (Phi) is 4.08. The summed E-state index contributed by atoms with van der Waals surface area (Å²) in [4.78, 5) is 0. The molecule has 17 heavy (non-hydrogen) atoms. The van der Waals surface area contributed by atoms with Crippen molar-refractivity contribution in [2.75, 3.05) is 5.32 Å². The van der Waals surface area contributed by atoms with Crippen molar-refractivity contribution in [3.63, 3.8) is 0 Å². The monoisotopic (exact) mass is 309 g/mol. The number of aryl methyl sites for hydroxylation is 1. The van der Waals surface area contributed by atoms with Gasteiger partial charge in [-0.05, 0) is 48.4 Å². The van der Waals surface area contributed by atoms with Gasteiger partial charge in [0.25, 0.3) is 0 Å². The quantitative estimate of drug-likeness (QED) is 0.839. The molecule has 0 unspecified atom stereocenters. The van der Waals surface area contributed by atoms with Crippen LogP contribution in [0.4, 0.5) is 5.69 Å². The number of nitrogens with one attached hydrogen (secondary N) is 1. The van der Waals surface area contributed by atoms with E-state index in [4.69, 9.17) is 11.6 Å². The minimum Gasteiger partial charge on any atom is -0.381 e. The van der Waals surface area contributed by atoms with Crippen LogP contribution in [0.15, 0.2) is 46.9 Å². The second-order valence-corrected chi connectivity index (χ2v) is 5.27. The Bertz CT molecular complexity index is 508. The standard InChI is InChI=1S/C14H13BrClN/c1-10-2-3-11(8-14(10)16)9-17-13-6-4-12(15)5-7-13/h2-8,17H,9H2,1H3. The normalized spacial score (nSPS) is 10.3. The van der Waals surface area contributed by atoms with Crippen molar-refractivity contribution < 1.29 is 0 Å². The van der Waals surface area contributed by atoms with Gasteiger partial charge in [-0.3, -0.25) is 0 Å². The summed E-state index contributed by atoms with van der Waals surface area (Å²) in [6.07, 6.45) is 0. The van der Waals surface area contributed by atoms with Crippen LogP contribution in [0.3, 0.4) is 0 Å². The highest BCUT2D eigenvalue weighted by atomic mass is 79.9. The predicted molar refractivity (Wildman–Crippen MR) is 77.7 cm³/mol. The maximum Gasteiger partial charge on any atom is 0.0438 e. The fraction of sp³-hybridized carbons (Fsp3) is 0.143. The van der Waals surface area contributed by atoms with Crippen LogP contribution < -0.4 is 5.32 Å². The number of rotatable bonds is 3. The number of halogens is 2. The Morgan fingerprint density at radius 3 is 2.47 bits per heavy atom. The molecule has 3 heteroatoms. The number of anilines is 1. The summed E-state index contributed by atoms with van der Waals surface area (Å²) >= 11 is 9.50. The molecule has 0 aliphatic carbocycles. The van der Waals surface area contributed by atoms with Crippen molar-refractivity contribution in [3.05, 3.63) is 63.1 Å². The minimum absolute atomic E-state index is 0.779. The molecule has 2 rings (SSSR count). The van der Waals surface area contributed by atoms with Gasteiger partial charge in [0, 0.05) is 21.7 Å². The topological polar surface area (TPSA) is 12.0 Å². The van der Waals surface area contributed by atoms with Crippen LogP contribution >= 0.6 is 27.5 Å². The van der Waals surface area contributed by atoms with E-state index in [9.17, 15) is 0 Å². The summed E-state index contributed by atoms with van der Waals surface area (Å²) in [6.45, 7) is 2.79. The maximum atomic E-state index is 6.08. The molecule has 2 aromatic carbocycles. The van der Waals surface area contributed by atoms with E-state index in [1.54, 1.807) is 0 Å². The van der Waals surface area contributed by atoms with Crippen LogP contribution in [0.2, 0.25) is 5.02 Å². The van der Waals surface area contributed by atoms with Crippen molar-refractivity contribution in [2.24, 2.45) is 0 Å². The Labute approximate surface area is 115 Å².